The normalized spacial score (nSPS) is 17.6. The minimum atomic E-state index is 0.426. The highest BCUT2D eigenvalue weighted by Crippen LogP contribution is 2.37. The minimum Gasteiger partial charge on any atom is -0.496 e. The number of nitrogens with zero attached hydrogens (tertiary/aromatic N) is 1. The van der Waals surface area contributed by atoms with Crippen LogP contribution in [0.2, 0.25) is 0 Å². The van der Waals surface area contributed by atoms with E-state index < -0.39 is 0 Å². The number of hydrogen-bond donors (Lipinski definition) is 1. The summed E-state index contributed by atoms with van der Waals surface area (Å²) in [4.78, 5) is 2.31. The van der Waals surface area contributed by atoms with Crippen LogP contribution in [0.25, 0.3) is 0 Å². The SMILES string of the molecule is COc1ccc(C(C)C)cc1C(C1CNC1)N(C)C. The summed E-state index contributed by atoms with van der Waals surface area (Å²) in [5, 5.41) is 3.37. The molecule has 0 amide bonds. The number of methoxy groups -OCH3 is 1. The van der Waals surface area contributed by atoms with Crippen LogP contribution >= 0.6 is 0 Å². The summed E-state index contributed by atoms with van der Waals surface area (Å²) >= 11 is 0. The van der Waals surface area contributed by atoms with E-state index >= 15 is 0 Å². The van der Waals surface area contributed by atoms with Crippen LogP contribution in [0.15, 0.2) is 18.2 Å². The second kappa shape index (κ2) is 5.93. The molecule has 19 heavy (non-hydrogen) atoms. The summed E-state index contributed by atoms with van der Waals surface area (Å²) in [5.74, 6) is 2.23. The van der Waals surface area contributed by atoms with E-state index in [2.05, 4.69) is 56.4 Å². The highest BCUT2D eigenvalue weighted by atomic mass is 16.5. The molecule has 0 saturated carbocycles. The van der Waals surface area contributed by atoms with Gasteiger partial charge in [-0.15, -0.1) is 0 Å². The van der Waals surface area contributed by atoms with E-state index in [0.29, 0.717) is 17.9 Å². The molecule has 3 nitrogen and oxygen atoms in total. The standard InChI is InChI=1S/C16H26N2O/c1-11(2)12-6-7-15(19-5)14(8-12)16(18(3)4)13-9-17-10-13/h6-8,11,13,16-17H,9-10H2,1-5H3. The predicted octanol–water partition coefficient (Wildman–Crippen LogP) is 2.64. The van der Waals surface area contributed by atoms with Crippen LogP contribution < -0.4 is 10.1 Å². The number of benzene rings is 1. The minimum absolute atomic E-state index is 0.426. The van der Waals surface area contributed by atoms with Crippen LogP contribution in [0.3, 0.4) is 0 Å². The van der Waals surface area contributed by atoms with Crippen LogP contribution in [0.4, 0.5) is 0 Å². The number of hydrogen-bond acceptors (Lipinski definition) is 3. The Labute approximate surface area is 116 Å². The molecule has 3 heteroatoms. The summed E-state index contributed by atoms with van der Waals surface area (Å²) in [6, 6.07) is 7.05. The third kappa shape index (κ3) is 2.93. The van der Waals surface area contributed by atoms with Gasteiger partial charge >= 0.3 is 0 Å². The van der Waals surface area contributed by atoms with E-state index in [0.717, 1.165) is 18.8 Å². The van der Waals surface area contributed by atoms with Crippen molar-refractivity contribution in [2.75, 3.05) is 34.3 Å². The highest BCUT2D eigenvalue weighted by molar-refractivity contribution is 5.41. The molecule has 2 rings (SSSR count). The Balaban J connectivity index is 2.40. The zero-order valence-corrected chi connectivity index (χ0v) is 12.7. The van der Waals surface area contributed by atoms with E-state index in [9.17, 15) is 0 Å². The molecule has 1 unspecified atom stereocenters. The van der Waals surface area contributed by atoms with Gasteiger partial charge in [-0.25, -0.2) is 0 Å². The first-order valence-electron chi connectivity index (χ1n) is 7.09. The Bertz CT molecular complexity index is 425. The zero-order valence-electron chi connectivity index (χ0n) is 12.7. The molecular formula is C16H26N2O. The third-order valence-electron chi connectivity index (χ3n) is 4.05. The Morgan fingerprint density at radius 2 is 1.95 bits per heavy atom. The number of nitrogens with one attached hydrogen (secondary N) is 1. The van der Waals surface area contributed by atoms with Crippen molar-refractivity contribution >= 4 is 0 Å². The fraction of sp³-hybridized carbons (Fsp3) is 0.625. The molecule has 1 aromatic carbocycles. The number of ether oxygens (including phenoxy) is 1. The molecule has 0 aliphatic carbocycles. The van der Waals surface area contributed by atoms with Crippen LogP contribution in [0.1, 0.15) is 36.9 Å². The maximum Gasteiger partial charge on any atom is 0.123 e. The van der Waals surface area contributed by atoms with E-state index in [-0.39, 0.29) is 0 Å². The molecule has 0 spiro atoms. The molecule has 1 aliphatic rings. The second-order valence-electron chi connectivity index (χ2n) is 5.98. The lowest BCUT2D eigenvalue weighted by Crippen LogP contribution is -2.48. The van der Waals surface area contributed by atoms with Crippen LogP contribution in [0, 0.1) is 5.92 Å². The zero-order chi connectivity index (χ0) is 14.0. The molecule has 1 aromatic rings. The lowest BCUT2D eigenvalue weighted by Gasteiger charge is -2.39. The maximum atomic E-state index is 5.58. The molecular weight excluding hydrogens is 236 g/mol. The van der Waals surface area contributed by atoms with E-state index in [1.54, 1.807) is 7.11 Å². The van der Waals surface area contributed by atoms with E-state index in [1.807, 2.05) is 0 Å². The van der Waals surface area contributed by atoms with Crippen LogP contribution in [-0.4, -0.2) is 39.2 Å². The summed E-state index contributed by atoms with van der Waals surface area (Å²) in [6.07, 6.45) is 0. The molecule has 1 heterocycles. The van der Waals surface area contributed by atoms with Gasteiger partial charge in [0.05, 0.1) is 7.11 Å². The van der Waals surface area contributed by atoms with Crippen molar-refractivity contribution in [1.82, 2.24) is 10.2 Å². The van der Waals surface area contributed by atoms with Crippen LogP contribution in [-0.2, 0) is 0 Å². The monoisotopic (exact) mass is 262 g/mol. The smallest absolute Gasteiger partial charge is 0.123 e. The van der Waals surface area contributed by atoms with Gasteiger partial charge in [0.15, 0.2) is 0 Å². The molecule has 0 bridgehead atoms. The highest BCUT2D eigenvalue weighted by Gasteiger charge is 2.32. The average Bonchev–Trinajstić information content (AvgIpc) is 2.32. The fourth-order valence-corrected chi connectivity index (χ4v) is 2.83. The maximum absolute atomic E-state index is 5.58. The first-order chi connectivity index (χ1) is 9.04. The summed E-state index contributed by atoms with van der Waals surface area (Å²) in [5.41, 5.74) is 2.71. The van der Waals surface area contributed by atoms with E-state index in [4.69, 9.17) is 4.74 Å². The molecule has 1 atom stereocenters. The van der Waals surface area contributed by atoms with Crippen molar-refractivity contribution in [2.45, 2.75) is 25.8 Å². The van der Waals surface area contributed by atoms with Gasteiger partial charge in [0.25, 0.3) is 0 Å². The number of rotatable bonds is 5. The largest absolute Gasteiger partial charge is 0.496 e. The first kappa shape index (κ1) is 14.4. The van der Waals surface area contributed by atoms with Crippen molar-refractivity contribution in [3.8, 4) is 5.75 Å². The molecule has 0 aromatic heterocycles. The first-order valence-corrected chi connectivity index (χ1v) is 7.09. The molecule has 1 saturated heterocycles. The Morgan fingerprint density at radius 3 is 2.37 bits per heavy atom. The molecule has 106 valence electrons. The van der Waals surface area contributed by atoms with Gasteiger partial charge < -0.3 is 15.0 Å². The topological polar surface area (TPSA) is 24.5 Å². The van der Waals surface area contributed by atoms with Crippen LogP contribution in [0.5, 0.6) is 5.75 Å². The molecule has 1 fully saturated rings. The lowest BCUT2D eigenvalue weighted by molar-refractivity contribution is 0.157. The lowest BCUT2D eigenvalue weighted by atomic mass is 9.85. The van der Waals surface area contributed by atoms with E-state index in [1.165, 1.54) is 11.1 Å². The van der Waals surface area contributed by atoms with Crippen molar-refractivity contribution in [3.05, 3.63) is 29.3 Å². The van der Waals surface area contributed by atoms with Gasteiger partial charge in [-0.1, -0.05) is 26.0 Å². The van der Waals surface area contributed by atoms with Gasteiger partial charge in [0.1, 0.15) is 5.75 Å². The van der Waals surface area contributed by atoms with Gasteiger partial charge in [0, 0.05) is 30.6 Å². The van der Waals surface area contributed by atoms with Gasteiger partial charge in [-0.2, -0.15) is 0 Å². The second-order valence-corrected chi connectivity index (χ2v) is 5.98. The molecule has 0 radical (unpaired) electrons. The van der Waals surface area contributed by atoms with Crippen molar-refractivity contribution < 1.29 is 4.74 Å². The third-order valence-corrected chi connectivity index (χ3v) is 4.05. The quantitative estimate of drug-likeness (QED) is 0.883. The van der Waals surface area contributed by atoms with Crippen molar-refractivity contribution in [1.29, 1.82) is 0 Å². The molecule has 1 aliphatic heterocycles. The Morgan fingerprint density at radius 1 is 1.26 bits per heavy atom. The van der Waals surface area contributed by atoms with Crippen molar-refractivity contribution in [2.24, 2.45) is 5.92 Å². The average molecular weight is 262 g/mol. The molecule has 1 N–H and O–H groups in total. The summed E-state index contributed by atoms with van der Waals surface area (Å²) in [6.45, 7) is 6.66. The fourth-order valence-electron chi connectivity index (χ4n) is 2.83. The van der Waals surface area contributed by atoms with Gasteiger partial charge in [-0.3, -0.25) is 0 Å². The Kier molecular flexibility index (Phi) is 4.48. The van der Waals surface area contributed by atoms with Gasteiger partial charge in [-0.05, 0) is 31.6 Å². The summed E-state index contributed by atoms with van der Waals surface area (Å²) in [7, 11) is 6.08. The summed E-state index contributed by atoms with van der Waals surface area (Å²) < 4.78 is 5.58. The van der Waals surface area contributed by atoms with Gasteiger partial charge in [0.2, 0.25) is 0 Å². The predicted molar refractivity (Wildman–Crippen MR) is 79.9 cm³/mol. The Hall–Kier alpha value is -1.06. The van der Waals surface area contributed by atoms with Crippen molar-refractivity contribution in [3.63, 3.8) is 0 Å².